The van der Waals surface area contributed by atoms with Crippen LogP contribution in [0, 0.1) is 5.92 Å². The van der Waals surface area contributed by atoms with E-state index in [9.17, 15) is 9.59 Å². The lowest BCUT2D eigenvalue weighted by molar-refractivity contribution is -0.117. The zero-order chi connectivity index (χ0) is 18.6. The van der Waals surface area contributed by atoms with Gasteiger partial charge in [0, 0.05) is 35.6 Å². The zero-order valence-electron chi connectivity index (χ0n) is 14.4. The minimum Gasteiger partial charge on any atom is -0.321 e. The third-order valence-corrected chi connectivity index (χ3v) is 4.18. The summed E-state index contributed by atoms with van der Waals surface area (Å²) in [5, 5.41) is 5.56. The van der Waals surface area contributed by atoms with Gasteiger partial charge < -0.3 is 10.6 Å². The van der Waals surface area contributed by atoms with Crippen LogP contribution in [0.5, 0.6) is 0 Å². The van der Waals surface area contributed by atoms with Crippen molar-refractivity contribution in [1.29, 1.82) is 0 Å². The molecule has 1 aliphatic carbocycles. The van der Waals surface area contributed by atoms with Gasteiger partial charge in [-0.05, 0) is 43.2 Å². The highest BCUT2D eigenvalue weighted by atomic mass is 16.2. The van der Waals surface area contributed by atoms with Gasteiger partial charge in [-0.1, -0.05) is 6.07 Å². The van der Waals surface area contributed by atoms with Crippen molar-refractivity contribution >= 4 is 23.3 Å². The maximum absolute atomic E-state index is 12.6. The van der Waals surface area contributed by atoms with Crippen molar-refractivity contribution < 1.29 is 9.59 Å². The van der Waals surface area contributed by atoms with E-state index in [2.05, 4.69) is 25.6 Å². The van der Waals surface area contributed by atoms with E-state index in [1.165, 1.54) is 6.20 Å². The van der Waals surface area contributed by atoms with Gasteiger partial charge in [-0.3, -0.25) is 19.6 Å². The van der Waals surface area contributed by atoms with Gasteiger partial charge in [-0.15, -0.1) is 0 Å². The van der Waals surface area contributed by atoms with E-state index in [-0.39, 0.29) is 17.7 Å². The third kappa shape index (κ3) is 4.14. The minimum atomic E-state index is -0.306. The Kier molecular flexibility index (Phi) is 4.57. The van der Waals surface area contributed by atoms with Gasteiger partial charge in [0.25, 0.3) is 5.91 Å². The highest BCUT2D eigenvalue weighted by Crippen LogP contribution is 2.30. The molecule has 3 heterocycles. The molecule has 1 saturated carbocycles. The van der Waals surface area contributed by atoms with E-state index in [0.29, 0.717) is 17.1 Å². The molecule has 1 aliphatic rings. The molecule has 134 valence electrons. The van der Waals surface area contributed by atoms with E-state index in [1.807, 2.05) is 24.3 Å². The number of aromatic nitrogens is 3. The summed E-state index contributed by atoms with van der Waals surface area (Å²) in [7, 11) is 0. The second-order valence-corrected chi connectivity index (χ2v) is 6.32. The van der Waals surface area contributed by atoms with Crippen LogP contribution >= 0.6 is 0 Å². The van der Waals surface area contributed by atoms with Crippen molar-refractivity contribution in [2.75, 3.05) is 10.6 Å². The normalized spacial score (nSPS) is 13.0. The van der Waals surface area contributed by atoms with Gasteiger partial charge in [0.15, 0.2) is 0 Å². The molecule has 2 amide bonds. The van der Waals surface area contributed by atoms with Gasteiger partial charge in [-0.25, -0.2) is 4.98 Å². The van der Waals surface area contributed by atoms with Crippen LogP contribution in [-0.2, 0) is 4.79 Å². The number of nitrogens with one attached hydrogen (secondary N) is 2. The Labute approximate surface area is 155 Å². The van der Waals surface area contributed by atoms with Gasteiger partial charge in [-0.2, -0.15) is 0 Å². The molecule has 2 N–H and O–H groups in total. The molecule has 3 aromatic rings. The highest BCUT2D eigenvalue weighted by molar-refractivity contribution is 6.05. The fourth-order valence-electron chi connectivity index (χ4n) is 2.60. The maximum Gasteiger partial charge on any atom is 0.255 e. The number of nitrogens with zero attached hydrogens (tertiary/aromatic N) is 3. The molecule has 0 spiro atoms. The van der Waals surface area contributed by atoms with Gasteiger partial charge >= 0.3 is 0 Å². The SMILES string of the molecule is O=C(Nc1cncc(-c2ccccn2)c1)c1ccnc(NC(=O)C2CC2)c1. The second-order valence-electron chi connectivity index (χ2n) is 6.32. The maximum atomic E-state index is 12.6. The van der Waals surface area contributed by atoms with Gasteiger partial charge in [0.2, 0.25) is 5.91 Å². The first kappa shape index (κ1) is 16.8. The number of carbonyl (C=O) groups is 2. The largest absolute Gasteiger partial charge is 0.321 e. The molecule has 0 atom stereocenters. The Morgan fingerprint density at radius 1 is 0.963 bits per heavy atom. The number of rotatable bonds is 5. The van der Waals surface area contributed by atoms with Crippen LogP contribution in [0.2, 0.25) is 0 Å². The quantitative estimate of drug-likeness (QED) is 0.729. The Balaban J connectivity index is 1.48. The number of hydrogen-bond acceptors (Lipinski definition) is 5. The first-order valence-corrected chi connectivity index (χ1v) is 8.64. The van der Waals surface area contributed by atoms with Crippen molar-refractivity contribution in [3.8, 4) is 11.3 Å². The molecule has 7 heteroatoms. The van der Waals surface area contributed by atoms with Crippen molar-refractivity contribution in [3.05, 3.63) is 66.7 Å². The number of pyridine rings is 3. The molecule has 0 bridgehead atoms. The van der Waals surface area contributed by atoms with Crippen LogP contribution in [0.15, 0.2) is 61.2 Å². The molecular formula is C20H17N5O2. The summed E-state index contributed by atoms with van der Waals surface area (Å²) in [5.74, 6) is 0.0937. The number of carbonyl (C=O) groups excluding carboxylic acids is 2. The van der Waals surface area contributed by atoms with Crippen LogP contribution in [0.3, 0.4) is 0 Å². The van der Waals surface area contributed by atoms with Crippen LogP contribution in [-0.4, -0.2) is 26.8 Å². The summed E-state index contributed by atoms with van der Waals surface area (Å²) in [6, 6.07) is 10.6. The molecule has 1 fully saturated rings. The standard InChI is InChI=1S/C20H17N5O2/c26-19(13-4-5-13)25-18-10-14(6-8-23-18)20(27)24-16-9-15(11-21-12-16)17-3-1-2-7-22-17/h1-3,6-13H,4-5H2,(H,24,27)(H,23,25,26). The van der Waals surface area contributed by atoms with Crippen molar-refractivity contribution in [2.45, 2.75) is 12.8 Å². The van der Waals surface area contributed by atoms with Crippen molar-refractivity contribution in [1.82, 2.24) is 15.0 Å². The molecule has 7 nitrogen and oxygen atoms in total. The molecule has 0 unspecified atom stereocenters. The van der Waals surface area contributed by atoms with E-state index in [1.54, 1.807) is 30.7 Å². The van der Waals surface area contributed by atoms with Crippen LogP contribution in [0.1, 0.15) is 23.2 Å². The lowest BCUT2D eigenvalue weighted by atomic mass is 10.2. The van der Waals surface area contributed by atoms with Crippen LogP contribution in [0.4, 0.5) is 11.5 Å². The topological polar surface area (TPSA) is 96.9 Å². The monoisotopic (exact) mass is 359 g/mol. The first-order chi connectivity index (χ1) is 13.2. The molecule has 4 rings (SSSR count). The Morgan fingerprint density at radius 3 is 2.63 bits per heavy atom. The summed E-state index contributed by atoms with van der Waals surface area (Å²) in [6.07, 6.45) is 8.28. The van der Waals surface area contributed by atoms with Crippen LogP contribution in [0.25, 0.3) is 11.3 Å². The van der Waals surface area contributed by atoms with Crippen molar-refractivity contribution in [3.63, 3.8) is 0 Å². The summed E-state index contributed by atoms with van der Waals surface area (Å²) >= 11 is 0. The molecule has 27 heavy (non-hydrogen) atoms. The van der Waals surface area contributed by atoms with E-state index in [0.717, 1.165) is 24.1 Å². The fourth-order valence-corrected chi connectivity index (χ4v) is 2.60. The summed E-state index contributed by atoms with van der Waals surface area (Å²) < 4.78 is 0. The van der Waals surface area contributed by atoms with E-state index in [4.69, 9.17) is 0 Å². The highest BCUT2D eigenvalue weighted by Gasteiger charge is 2.29. The first-order valence-electron chi connectivity index (χ1n) is 8.64. The average molecular weight is 359 g/mol. The molecule has 0 radical (unpaired) electrons. The Bertz CT molecular complexity index is 986. The number of hydrogen-bond donors (Lipinski definition) is 2. The lowest BCUT2D eigenvalue weighted by Gasteiger charge is -2.08. The minimum absolute atomic E-state index is 0.0488. The summed E-state index contributed by atoms with van der Waals surface area (Å²) in [4.78, 5) is 37.0. The fraction of sp³-hybridized carbons (Fsp3) is 0.150. The number of amides is 2. The molecular weight excluding hydrogens is 342 g/mol. The van der Waals surface area contributed by atoms with Gasteiger partial charge in [0.05, 0.1) is 17.6 Å². The second kappa shape index (κ2) is 7.33. The summed E-state index contributed by atoms with van der Waals surface area (Å²) in [6.45, 7) is 0. The lowest BCUT2D eigenvalue weighted by Crippen LogP contribution is -2.16. The van der Waals surface area contributed by atoms with Gasteiger partial charge in [0.1, 0.15) is 5.82 Å². The summed E-state index contributed by atoms with van der Waals surface area (Å²) in [5.41, 5.74) is 2.54. The molecule has 0 saturated heterocycles. The Morgan fingerprint density at radius 2 is 1.85 bits per heavy atom. The predicted molar refractivity (Wildman–Crippen MR) is 101 cm³/mol. The number of anilines is 2. The smallest absolute Gasteiger partial charge is 0.255 e. The molecule has 3 aromatic heterocycles. The zero-order valence-corrected chi connectivity index (χ0v) is 14.4. The van der Waals surface area contributed by atoms with E-state index < -0.39 is 0 Å². The van der Waals surface area contributed by atoms with E-state index >= 15 is 0 Å². The van der Waals surface area contributed by atoms with Crippen LogP contribution < -0.4 is 10.6 Å². The third-order valence-electron chi connectivity index (χ3n) is 4.18. The molecule has 0 aromatic carbocycles. The Hall–Kier alpha value is -3.61. The average Bonchev–Trinajstić information content (AvgIpc) is 3.54. The predicted octanol–water partition coefficient (Wildman–Crippen LogP) is 3.14. The molecule has 0 aliphatic heterocycles. The van der Waals surface area contributed by atoms with Crippen molar-refractivity contribution in [2.24, 2.45) is 5.92 Å².